The van der Waals surface area contributed by atoms with E-state index in [2.05, 4.69) is 41.0 Å². The third kappa shape index (κ3) is 4.94. The van der Waals surface area contributed by atoms with Gasteiger partial charge in [-0.15, -0.1) is 10.2 Å². The van der Waals surface area contributed by atoms with E-state index in [1.165, 1.54) is 10.9 Å². The summed E-state index contributed by atoms with van der Waals surface area (Å²) in [6.07, 6.45) is -1.55. The van der Waals surface area contributed by atoms with Crippen LogP contribution in [0, 0.1) is 0 Å². The molecule has 0 radical (unpaired) electrons. The van der Waals surface area contributed by atoms with Gasteiger partial charge in [0.05, 0.1) is 31.2 Å². The van der Waals surface area contributed by atoms with Crippen molar-refractivity contribution in [2.24, 2.45) is 0 Å². The number of anilines is 1. The average molecular weight is 562 g/mol. The second-order valence-corrected chi connectivity index (χ2v) is 11.2. The van der Waals surface area contributed by atoms with Gasteiger partial charge in [-0.25, -0.2) is 4.68 Å². The highest BCUT2D eigenvalue weighted by atomic mass is 35.5. The third-order valence-electron chi connectivity index (χ3n) is 6.57. The molecule has 3 aromatic heterocycles. The van der Waals surface area contributed by atoms with Crippen molar-refractivity contribution >= 4 is 36.0 Å². The SMILES string of the molecule is O=P(O)(O)C(CO)(Cc1nn[nH]n1)OC[C@H]1O[C@@H](n2ncc3c(NC4CCC4)nc(Cl)nc32)[C@H](O)[C@@H]1O. The van der Waals surface area contributed by atoms with Crippen molar-refractivity contribution in [2.75, 3.05) is 18.5 Å². The molecule has 0 spiro atoms. The quantitative estimate of drug-likeness (QED) is 0.112. The van der Waals surface area contributed by atoms with Gasteiger partial charge in [0, 0.05) is 6.04 Å². The Morgan fingerprint density at radius 3 is 2.70 bits per heavy atom. The Hall–Kier alpha value is -2.34. The number of rotatable bonds is 10. The first-order valence-corrected chi connectivity index (χ1v) is 13.3. The maximum Gasteiger partial charge on any atom is 0.359 e. The molecule has 4 heterocycles. The Morgan fingerprint density at radius 1 is 1.30 bits per heavy atom. The van der Waals surface area contributed by atoms with E-state index in [0.717, 1.165) is 19.3 Å². The largest absolute Gasteiger partial charge is 0.393 e. The maximum absolute atomic E-state index is 12.2. The molecule has 0 bridgehead atoms. The molecule has 19 heteroatoms. The predicted octanol–water partition coefficient (Wildman–Crippen LogP) is -1.30. The number of nitrogens with one attached hydrogen (secondary N) is 2. The normalized spacial score (nSPS) is 26.3. The zero-order valence-corrected chi connectivity index (χ0v) is 20.8. The number of hydrogen-bond acceptors (Lipinski definition) is 13. The highest BCUT2D eigenvalue weighted by Crippen LogP contribution is 2.53. The molecule has 1 unspecified atom stereocenters. The molecular formula is C18H25ClN9O8P. The topological polar surface area (TPSA) is 247 Å². The molecule has 3 aromatic rings. The van der Waals surface area contributed by atoms with E-state index in [9.17, 15) is 29.7 Å². The van der Waals surface area contributed by atoms with Crippen LogP contribution in [0.25, 0.3) is 11.0 Å². The summed E-state index contributed by atoms with van der Waals surface area (Å²) in [6, 6.07) is 0.252. The van der Waals surface area contributed by atoms with Gasteiger partial charge in [0.25, 0.3) is 0 Å². The monoisotopic (exact) mass is 561 g/mol. The minimum Gasteiger partial charge on any atom is -0.393 e. The first-order chi connectivity index (χ1) is 17.6. The molecule has 2 aliphatic rings. The van der Waals surface area contributed by atoms with Crippen molar-refractivity contribution < 1.29 is 39.1 Å². The fourth-order valence-electron chi connectivity index (χ4n) is 4.18. The molecule has 1 saturated carbocycles. The van der Waals surface area contributed by atoms with E-state index in [4.69, 9.17) is 21.1 Å². The van der Waals surface area contributed by atoms with Crippen molar-refractivity contribution in [2.45, 2.75) is 61.6 Å². The number of aromatic amines is 1. The van der Waals surface area contributed by atoms with Crippen LogP contribution in [0.5, 0.6) is 0 Å². The number of aliphatic hydroxyl groups is 3. The van der Waals surface area contributed by atoms with Crippen LogP contribution in [0.3, 0.4) is 0 Å². The summed E-state index contributed by atoms with van der Waals surface area (Å²) in [5.74, 6) is 0.365. The van der Waals surface area contributed by atoms with Gasteiger partial charge in [-0.05, 0) is 30.9 Å². The predicted molar refractivity (Wildman–Crippen MR) is 123 cm³/mol. The molecule has 202 valence electrons. The molecule has 1 saturated heterocycles. The highest BCUT2D eigenvalue weighted by molar-refractivity contribution is 7.53. The molecular weight excluding hydrogens is 537 g/mol. The standard InChI is InChI=1S/C18H25ClN9O8P/c19-17-22-14(21-8-2-1-3-8)9-5-20-28(15(9)23-17)16-13(31)12(30)10(36-16)6-35-18(7-29,37(32,33)34)4-11-24-26-27-25-11/h5,8,10,12-13,16,29-31H,1-4,6-7H2,(H,21,22,23)(H2,32,33,34)(H,24,25,26,27)/t10-,12-,13-,16-,18?/m1/s1. The Kier molecular flexibility index (Phi) is 7.16. The number of aromatic nitrogens is 8. The lowest BCUT2D eigenvalue weighted by Crippen LogP contribution is -2.43. The maximum atomic E-state index is 12.2. The Morgan fingerprint density at radius 2 is 2.08 bits per heavy atom. The fraction of sp³-hybridized carbons (Fsp3) is 0.667. The highest BCUT2D eigenvalue weighted by Gasteiger charge is 2.52. The lowest BCUT2D eigenvalue weighted by Gasteiger charge is -2.32. The van der Waals surface area contributed by atoms with E-state index in [-0.39, 0.29) is 22.8 Å². The zero-order valence-electron chi connectivity index (χ0n) is 19.1. The minimum absolute atomic E-state index is 0.0557. The molecule has 5 rings (SSSR count). The summed E-state index contributed by atoms with van der Waals surface area (Å²) in [7, 11) is -5.11. The first-order valence-electron chi connectivity index (χ1n) is 11.3. The van der Waals surface area contributed by atoms with Gasteiger partial charge in [-0.3, -0.25) is 4.57 Å². The number of tetrazole rings is 1. The van der Waals surface area contributed by atoms with Crippen LogP contribution in [0.1, 0.15) is 31.3 Å². The Bertz CT molecular complexity index is 1290. The Labute approximate surface area is 213 Å². The number of H-pyrrole nitrogens is 1. The molecule has 1 aliphatic heterocycles. The van der Waals surface area contributed by atoms with Crippen LogP contribution in [-0.2, 0) is 20.5 Å². The lowest BCUT2D eigenvalue weighted by atomic mass is 9.93. The van der Waals surface area contributed by atoms with Crippen LogP contribution < -0.4 is 5.32 Å². The van der Waals surface area contributed by atoms with Gasteiger partial charge in [-0.1, -0.05) is 5.21 Å². The second kappa shape index (κ2) is 10.1. The number of ether oxygens (including phenoxy) is 2. The van der Waals surface area contributed by atoms with E-state index in [1.54, 1.807) is 0 Å². The molecule has 7 N–H and O–H groups in total. The van der Waals surface area contributed by atoms with Gasteiger partial charge >= 0.3 is 7.60 Å². The summed E-state index contributed by atoms with van der Waals surface area (Å²) < 4.78 is 24.7. The van der Waals surface area contributed by atoms with Crippen molar-refractivity contribution in [1.29, 1.82) is 0 Å². The third-order valence-corrected chi connectivity index (χ3v) is 8.23. The van der Waals surface area contributed by atoms with E-state index in [0.29, 0.717) is 11.2 Å². The second-order valence-electron chi connectivity index (χ2n) is 8.95. The van der Waals surface area contributed by atoms with E-state index < -0.39 is 57.1 Å². The summed E-state index contributed by atoms with van der Waals surface area (Å²) in [5.41, 5.74) is 0.247. The van der Waals surface area contributed by atoms with Gasteiger partial charge in [0.2, 0.25) is 5.28 Å². The molecule has 37 heavy (non-hydrogen) atoms. The van der Waals surface area contributed by atoms with Crippen LogP contribution in [-0.4, -0.2) is 108 Å². The summed E-state index contributed by atoms with van der Waals surface area (Å²) in [4.78, 5) is 28.3. The number of aliphatic hydroxyl groups excluding tert-OH is 3. The van der Waals surface area contributed by atoms with Crippen molar-refractivity contribution in [3.05, 3.63) is 17.3 Å². The molecule has 5 atom stereocenters. The Balaban J connectivity index is 1.36. The van der Waals surface area contributed by atoms with Crippen LogP contribution in [0.2, 0.25) is 5.28 Å². The van der Waals surface area contributed by atoms with Gasteiger partial charge in [0.15, 0.2) is 23.0 Å². The number of nitrogens with zero attached hydrogens (tertiary/aromatic N) is 7. The molecule has 17 nitrogen and oxygen atoms in total. The summed E-state index contributed by atoms with van der Waals surface area (Å²) in [5, 5.41) is 49.5. The van der Waals surface area contributed by atoms with Crippen LogP contribution in [0.4, 0.5) is 5.82 Å². The van der Waals surface area contributed by atoms with E-state index in [1.807, 2.05) is 0 Å². The lowest BCUT2D eigenvalue weighted by molar-refractivity contribution is -0.109. The van der Waals surface area contributed by atoms with Crippen molar-refractivity contribution in [1.82, 2.24) is 40.4 Å². The number of halogens is 1. The zero-order chi connectivity index (χ0) is 26.4. The fourth-order valence-corrected chi connectivity index (χ4v) is 5.12. The molecule has 0 aromatic carbocycles. The van der Waals surface area contributed by atoms with E-state index >= 15 is 0 Å². The van der Waals surface area contributed by atoms with Gasteiger partial charge in [0.1, 0.15) is 24.1 Å². The molecule has 2 fully saturated rings. The van der Waals surface area contributed by atoms with Crippen LogP contribution >= 0.6 is 19.2 Å². The summed E-state index contributed by atoms with van der Waals surface area (Å²) >= 11 is 6.12. The number of hydrogen-bond donors (Lipinski definition) is 7. The molecule has 0 amide bonds. The van der Waals surface area contributed by atoms with Crippen molar-refractivity contribution in [3.8, 4) is 0 Å². The smallest absolute Gasteiger partial charge is 0.359 e. The van der Waals surface area contributed by atoms with Gasteiger partial charge in [-0.2, -0.15) is 20.3 Å². The summed E-state index contributed by atoms with van der Waals surface area (Å²) in [6.45, 7) is -1.71. The van der Waals surface area contributed by atoms with Gasteiger partial charge < -0.3 is 39.9 Å². The first kappa shape index (κ1) is 26.3. The number of fused-ring (bicyclic) bond motifs is 1. The molecule has 1 aliphatic carbocycles. The van der Waals surface area contributed by atoms with Crippen LogP contribution in [0.15, 0.2) is 6.20 Å². The average Bonchev–Trinajstić information content (AvgIpc) is 3.54. The minimum atomic E-state index is -5.11. The van der Waals surface area contributed by atoms with Crippen molar-refractivity contribution in [3.63, 3.8) is 0 Å².